The zero-order valence-electron chi connectivity index (χ0n) is 9.22. The highest BCUT2D eigenvalue weighted by Gasteiger charge is 2.12. The summed E-state index contributed by atoms with van der Waals surface area (Å²) in [5, 5.41) is 10.2. The van der Waals surface area contributed by atoms with Crippen LogP contribution in [-0.2, 0) is 0 Å². The van der Waals surface area contributed by atoms with E-state index in [1.165, 1.54) is 5.56 Å². The van der Waals surface area contributed by atoms with Crippen molar-refractivity contribution < 1.29 is 5.11 Å². The molecule has 0 fully saturated rings. The van der Waals surface area contributed by atoms with Gasteiger partial charge in [-0.15, -0.1) is 0 Å². The van der Waals surface area contributed by atoms with Crippen molar-refractivity contribution in [2.24, 2.45) is 0 Å². The Kier molecular flexibility index (Phi) is 2.93. The van der Waals surface area contributed by atoms with Crippen molar-refractivity contribution in [3.8, 4) is 0 Å². The Balaban J connectivity index is 2.35. The lowest BCUT2D eigenvalue weighted by Crippen LogP contribution is -2.03. The first kappa shape index (κ1) is 10.7. The summed E-state index contributed by atoms with van der Waals surface area (Å²) in [4.78, 5) is 0. The van der Waals surface area contributed by atoms with Gasteiger partial charge in [-0.05, 0) is 18.6 Å². The Hall–Kier alpha value is -1.80. The maximum atomic E-state index is 10.2. The van der Waals surface area contributed by atoms with Gasteiger partial charge < -0.3 is 10.8 Å². The average Bonchev–Trinajstić information content (AvgIpc) is 2.30. The Labute approximate surface area is 95.4 Å². The molecule has 0 saturated carbocycles. The summed E-state index contributed by atoms with van der Waals surface area (Å²) in [5.74, 6) is 0. The van der Waals surface area contributed by atoms with E-state index >= 15 is 0 Å². The lowest BCUT2D eigenvalue weighted by Gasteiger charge is -2.13. The third-order valence-corrected chi connectivity index (χ3v) is 2.68. The first-order valence-corrected chi connectivity index (χ1v) is 5.27. The van der Waals surface area contributed by atoms with E-state index in [1.807, 2.05) is 49.4 Å². The molecule has 16 heavy (non-hydrogen) atoms. The van der Waals surface area contributed by atoms with Gasteiger partial charge in [0.05, 0.1) is 0 Å². The summed E-state index contributed by atoms with van der Waals surface area (Å²) in [6, 6.07) is 15.2. The van der Waals surface area contributed by atoms with Crippen LogP contribution in [0.3, 0.4) is 0 Å². The van der Waals surface area contributed by atoms with E-state index in [-0.39, 0.29) is 0 Å². The quantitative estimate of drug-likeness (QED) is 0.753. The molecule has 2 rings (SSSR count). The SMILES string of the molecule is Cc1ccc([C@H](O)c2ccccc2N)cc1. The molecule has 2 nitrogen and oxygen atoms in total. The molecule has 1 atom stereocenters. The summed E-state index contributed by atoms with van der Waals surface area (Å²) in [5.41, 5.74) is 9.25. The zero-order valence-corrected chi connectivity index (χ0v) is 9.22. The van der Waals surface area contributed by atoms with E-state index in [1.54, 1.807) is 6.07 Å². The second-order valence-electron chi connectivity index (χ2n) is 3.94. The van der Waals surface area contributed by atoms with Crippen LogP contribution in [0.2, 0.25) is 0 Å². The zero-order chi connectivity index (χ0) is 11.5. The van der Waals surface area contributed by atoms with Gasteiger partial charge in [-0.25, -0.2) is 0 Å². The van der Waals surface area contributed by atoms with Crippen molar-refractivity contribution in [1.29, 1.82) is 0 Å². The number of aliphatic hydroxyl groups is 1. The van der Waals surface area contributed by atoms with Crippen molar-refractivity contribution in [3.63, 3.8) is 0 Å². The third-order valence-electron chi connectivity index (χ3n) is 2.68. The topological polar surface area (TPSA) is 46.2 Å². The molecule has 0 aliphatic carbocycles. The van der Waals surface area contributed by atoms with Crippen LogP contribution >= 0.6 is 0 Å². The van der Waals surface area contributed by atoms with E-state index in [4.69, 9.17) is 5.73 Å². The number of rotatable bonds is 2. The number of nitrogens with two attached hydrogens (primary N) is 1. The second-order valence-corrected chi connectivity index (χ2v) is 3.94. The van der Waals surface area contributed by atoms with Gasteiger partial charge in [0.2, 0.25) is 0 Å². The standard InChI is InChI=1S/C14H15NO/c1-10-6-8-11(9-7-10)14(16)12-4-2-3-5-13(12)15/h2-9,14,16H,15H2,1H3/t14-/m0/s1. The summed E-state index contributed by atoms with van der Waals surface area (Å²) >= 11 is 0. The van der Waals surface area contributed by atoms with Crippen LogP contribution in [0.15, 0.2) is 48.5 Å². The third kappa shape index (κ3) is 2.07. The molecule has 0 amide bonds. The molecule has 0 heterocycles. The monoisotopic (exact) mass is 213 g/mol. The minimum atomic E-state index is -0.651. The summed E-state index contributed by atoms with van der Waals surface area (Å²) < 4.78 is 0. The van der Waals surface area contributed by atoms with Crippen LogP contribution in [0.25, 0.3) is 0 Å². The van der Waals surface area contributed by atoms with Crippen LogP contribution in [-0.4, -0.2) is 5.11 Å². The molecular weight excluding hydrogens is 198 g/mol. The van der Waals surface area contributed by atoms with Crippen LogP contribution in [0, 0.1) is 6.92 Å². The summed E-state index contributed by atoms with van der Waals surface area (Å²) in [7, 11) is 0. The van der Waals surface area contributed by atoms with Gasteiger partial charge in [-0.3, -0.25) is 0 Å². The highest BCUT2D eigenvalue weighted by molar-refractivity contribution is 5.50. The Bertz CT molecular complexity index is 476. The smallest absolute Gasteiger partial charge is 0.106 e. The van der Waals surface area contributed by atoms with Gasteiger partial charge in [-0.2, -0.15) is 0 Å². The molecule has 3 N–H and O–H groups in total. The van der Waals surface area contributed by atoms with Crippen LogP contribution < -0.4 is 5.73 Å². The lowest BCUT2D eigenvalue weighted by atomic mass is 9.99. The summed E-state index contributed by atoms with van der Waals surface area (Å²) in [6.45, 7) is 2.02. The van der Waals surface area contributed by atoms with Crippen LogP contribution in [0.4, 0.5) is 5.69 Å². The summed E-state index contributed by atoms with van der Waals surface area (Å²) in [6.07, 6.45) is -0.651. The Morgan fingerprint density at radius 3 is 2.25 bits per heavy atom. The van der Waals surface area contributed by atoms with Crippen molar-refractivity contribution in [3.05, 3.63) is 65.2 Å². The van der Waals surface area contributed by atoms with E-state index in [0.29, 0.717) is 5.69 Å². The number of hydrogen-bond acceptors (Lipinski definition) is 2. The number of anilines is 1. The molecule has 2 aromatic carbocycles. The molecule has 0 aromatic heterocycles. The van der Waals surface area contributed by atoms with Crippen molar-refractivity contribution in [2.45, 2.75) is 13.0 Å². The predicted octanol–water partition coefficient (Wildman–Crippen LogP) is 2.66. The maximum Gasteiger partial charge on any atom is 0.106 e. The van der Waals surface area contributed by atoms with Gasteiger partial charge in [0, 0.05) is 11.3 Å². The molecule has 0 radical (unpaired) electrons. The normalized spacial score (nSPS) is 12.4. The van der Waals surface area contributed by atoms with E-state index in [2.05, 4.69) is 0 Å². The molecular formula is C14H15NO. The van der Waals surface area contributed by atoms with E-state index in [0.717, 1.165) is 11.1 Å². The highest BCUT2D eigenvalue weighted by atomic mass is 16.3. The predicted molar refractivity (Wildman–Crippen MR) is 66.1 cm³/mol. The molecule has 82 valence electrons. The van der Waals surface area contributed by atoms with Gasteiger partial charge >= 0.3 is 0 Å². The van der Waals surface area contributed by atoms with Gasteiger partial charge in [0.15, 0.2) is 0 Å². The number of benzene rings is 2. The van der Waals surface area contributed by atoms with E-state index < -0.39 is 6.10 Å². The Morgan fingerprint density at radius 1 is 1.00 bits per heavy atom. The number of para-hydroxylation sites is 1. The number of aryl methyl sites for hydroxylation is 1. The van der Waals surface area contributed by atoms with Crippen molar-refractivity contribution in [1.82, 2.24) is 0 Å². The van der Waals surface area contributed by atoms with Gasteiger partial charge in [0.1, 0.15) is 6.10 Å². The lowest BCUT2D eigenvalue weighted by molar-refractivity contribution is 0.221. The van der Waals surface area contributed by atoms with Crippen LogP contribution in [0.1, 0.15) is 22.8 Å². The van der Waals surface area contributed by atoms with Crippen molar-refractivity contribution >= 4 is 5.69 Å². The highest BCUT2D eigenvalue weighted by Crippen LogP contribution is 2.26. The second kappa shape index (κ2) is 4.37. The first-order chi connectivity index (χ1) is 7.68. The molecule has 0 aliphatic heterocycles. The molecule has 0 bridgehead atoms. The fourth-order valence-electron chi connectivity index (χ4n) is 1.69. The minimum Gasteiger partial charge on any atom is -0.398 e. The maximum absolute atomic E-state index is 10.2. The minimum absolute atomic E-state index is 0.621. The average molecular weight is 213 g/mol. The van der Waals surface area contributed by atoms with Crippen molar-refractivity contribution in [2.75, 3.05) is 5.73 Å². The number of aliphatic hydroxyl groups excluding tert-OH is 1. The number of hydrogen-bond donors (Lipinski definition) is 2. The first-order valence-electron chi connectivity index (χ1n) is 5.27. The molecule has 0 unspecified atom stereocenters. The molecule has 0 saturated heterocycles. The van der Waals surface area contributed by atoms with Gasteiger partial charge in [0.25, 0.3) is 0 Å². The largest absolute Gasteiger partial charge is 0.398 e. The molecule has 0 aliphatic rings. The molecule has 0 spiro atoms. The Morgan fingerprint density at radius 2 is 1.62 bits per heavy atom. The fraction of sp³-hybridized carbons (Fsp3) is 0.143. The van der Waals surface area contributed by atoms with Gasteiger partial charge in [-0.1, -0.05) is 48.0 Å². The fourth-order valence-corrected chi connectivity index (χ4v) is 1.69. The van der Waals surface area contributed by atoms with Crippen LogP contribution in [0.5, 0.6) is 0 Å². The molecule has 2 aromatic rings. The molecule has 2 heteroatoms. The number of nitrogen functional groups attached to an aromatic ring is 1. The van der Waals surface area contributed by atoms with E-state index in [9.17, 15) is 5.11 Å².